The van der Waals surface area contributed by atoms with Crippen molar-refractivity contribution in [2.75, 3.05) is 30.8 Å². The minimum absolute atomic E-state index is 0.0271. The molecule has 0 radical (unpaired) electrons. The topological polar surface area (TPSA) is 17.1 Å². The molecule has 0 unspecified atom stereocenters. The number of carbonyl (C=O) groups is 1. The van der Waals surface area contributed by atoms with Crippen LogP contribution in [0.1, 0.15) is 27.7 Å². The summed E-state index contributed by atoms with van der Waals surface area (Å²) in [6.45, 7) is 8.71. The van der Waals surface area contributed by atoms with Crippen molar-refractivity contribution in [2.45, 2.75) is 27.7 Å². The van der Waals surface area contributed by atoms with Crippen LogP contribution >= 0.6 is 15.8 Å². The number of hydrogen-bond donors (Lipinski definition) is 0. The summed E-state index contributed by atoms with van der Waals surface area (Å²) in [7, 11) is -0.257. The Morgan fingerprint density at radius 3 is 1.69 bits per heavy atom. The average Bonchev–Trinajstić information content (AvgIpc) is 2.16. The van der Waals surface area contributed by atoms with Crippen molar-refractivity contribution < 1.29 is 4.79 Å². The lowest BCUT2D eigenvalue weighted by molar-refractivity contribution is -0.109. The molecule has 0 aliphatic heterocycles. The van der Waals surface area contributed by atoms with Crippen LogP contribution in [-0.4, -0.2) is 36.3 Å². The smallest absolute Gasteiger partial charge is 0.158 e. The molecule has 0 aromatic rings. The van der Waals surface area contributed by atoms with E-state index in [-0.39, 0.29) is 15.8 Å². The normalized spacial score (nSPS) is 11.2. The molecule has 0 bridgehead atoms. The Hall–Kier alpha value is 0.530. The molecule has 0 heterocycles. The third-order valence-electron chi connectivity index (χ3n) is 2.37. The third kappa shape index (κ3) is 5.08. The largest absolute Gasteiger partial charge is 0.294 e. The molecule has 0 aliphatic carbocycles. The van der Waals surface area contributed by atoms with Crippen LogP contribution in [0.4, 0.5) is 0 Å². The first-order valence-electron chi connectivity index (χ1n) is 5.19. The van der Waals surface area contributed by atoms with E-state index in [4.69, 9.17) is 0 Å². The zero-order valence-electron chi connectivity index (χ0n) is 9.34. The van der Waals surface area contributed by atoms with E-state index in [1.807, 2.05) is 0 Å². The Labute approximate surface area is 85.2 Å². The lowest BCUT2D eigenvalue weighted by atomic mass is 10.9. The van der Waals surface area contributed by atoms with Gasteiger partial charge in [0.1, 0.15) is 0 Å². The van der Waals surface area contributed by atoms with Crippen molar-refractivity contribution in [3.05, 3.63) is 0 Å². The molecule has 0 aromatic heterocycles. The predicted molar refractivity (Wildman–Crippen MR) is 65.9 cm³/mol. The van der Waals surface area contributed by atoms with Crippen LogP contribution < -0.4 is 0 Å². The van der Waals surface area contributed by atoms with Crippen molar-refractivity contribution in [3.8, 4) is 0 Å². The van der Waals surface area contributed by atoms with Gasteiger partial charge in [-0.1, -0.05) is 35.6 Å². The standard InChI is InChI=1S/C10H22OP2/c1-5-12(6-2)9-10(11)13(7-3)8-4/h5-9H2,1-4H3. The molecule has 0 aliphatic rings. The number of rotatable bonds is 7. The molecule has 0 saturated heterocycles. The van der Waals surface area contributed by atoms with Crippen molar-refractivity contribution >= 4 is 21.4 Å². The van der Waals surface area contributed by atoms with Crippen LogP contribution in [-0.2, 0) is 4.79 Å². The van der Waals surface area contributed by atoms with E-state index in [9.17, 15) is 4.79 Å². The van der Waals surface area contributed by atoms with E-state index in [2.05, 4.69) is 27.7 Å². The van der Waals surface area contributed by atoms with Crippen LogP contribution in [0.25, 0.3) is 0 Å². The van der Waals surface area contributed by atoms with Crippen molar-refractivity contribution in [2.24, 2.45) is 0 Å². The van der Waals surface area contributed by atoms with Crippen LogP contribution in [0.15, 0.2) is 0 Å². The molecule has 13 heavy (non-hydrogen) atoms. The maximum atomic E-state index is 11.8. The summed E-state index contributed by atoms with van der Waals surface area (Å²) in [5.74, 6) is 0. The summed E-state index contributed by atoms with van der Waals surface area (Å²) in [6, 6.07) is 0. The molecule has 1 nitrogen and oxygen atoms in total. The molecule has 0 amide bonds. The van der Waals surface area contributed by atoms with E-state index >= 15 is 0 Å². The maximum Gasteiger partial charge on any atom is 0.158 e. The first-order valence-corrected chi connectivity index (χ1v) is 8.80. The van der Waals surface area contributed by atoms with Crippen LogP contribution in [0.5, 0.6) is 0 Å². The minimum Gasteiger partial charge on any atom is -0.294 e. The van der Waals surface area contributed by atoms with Crippen LogP contribution in [0.3, 0.4) is 0 Å². The molecule has 0 saturated carbocycles. The van der Waals surface area contributed by atoms with Crippen molar-refractivity contribution in [3.63, 3.8) is 0 Å². The second-order valence-electron chi connectivity index (χ2n) is 3.03. The first kappa shape index (κ1) is 13.5. The van der Waals surface area contributed by atoms with Gasteiger partial charge in [-0.05, 0) is 32.6 Å². The molecule has 78 valence electrons. The van der Waals surface area contributed by atoms with Gasteiger partial charge in [0.2, 0.25) is 0 Å². The average molecular weight is 220 g/mol. The molecule has 0 aromatic carbocycles. The van der Waals surface area contributed by atoms with E-state index in [0.29, 0.717) is 5.52 Å². The fraction of sp³-hybridized carbons (Fsp3) is 0.900. The fourth-order valence-electron chi connectivity index (χ4n) is 1.31. The van der Waals surface area contributed by atoms with Gasteiger partial charge in [-0.25, -0.2) is 0 Å². The summed E-state index contributed by atoms with van der Waals surface area (Å²) in [6.07, 6.45) is 5.50. The Morgan fingerprint density at radius 1 is 0.923 bits per heavy atom. The third-order valence-corrected chi connectivity index (χ3v) is 7.53. The molecule has 0 rings (SSSR count). The second-order valence-corrected chi connectivity index (χ2v) is 8.79. The van der Waals surface area contributed by atoms with Gasteiger partial charge in [0, 0.05) is 6.16 Å². The Bertz CT molecular complexity index is 140. The zero-order valence-corrected chi connectivity index (χ0v) is 11.1. The van der Waals surface area contributed by atoms with Crippen molar-refractivity contribution in [1.29, 1.82) is 0 Å². The Balaban J connectivity index is 3.95. The summed E-state index contributed by atoms with van der Waals surface area (Å²) in [5, 5.41) is 0. The zero-order chi connectivity index (χ0) is 10.3. The van der Waals surface area contributed by atoms with E-state index in [1.165, 1.54) is 12.3 Å². The first-order chi connectivity index (χ1) is 6.19. The molecule has 0 fully saturated rings. The van der Waals surface area contributed by atoms with Crippen molar-refractivity contribution in [1.82, 2.24) is 0 Å². The number of hydrogen-bond acceptors (Lipinski definition) is 1. The number of carbonyl (C=O) groups excluding carboxylic acids is 1. The SMILES string of the molecule is CCP(CC)CC(=O)P(CC)CC. The van der Waals surface area contributed by atoms with Crippen LogP contribution in [0.2, 0.25) is 0 Å². The Morgan fingerprint density at radius 2 is 1.38 bits per heavy atom. The molecule has 3 heteroatoms. The highest BCUT2D eigenvalue weighted by Gasteiger charge is 2.16. The summed E-state index contributed by atoms with van der Waals surface area (Å²) >= 11 is 0. The molecular weight excluding hydrogens is 198 g/mol. The van der Waals surface area contributed by atoms with E-state index in [0.717, 1.165) is 18.5 Å². The van der Waals surface area contributed by atoms with E-state index in [1.54, 1.807) is 0 Å². The Kier molecular flexibility index (Phi) is 8.21. The van der Waals surface area contributed by atoms with Gasteiger partial charge in [0.05, 0.1) is 0 Å². The quantitative estimate of drug-likeness (QED) is 0.599. The van der Waals surface area contributed by atoms with Gasteiger partial charge in [-0.3, -0.25) is 4.79 Å². The molecular formula is C10H22OP2. The summed E-state index contributed by atoms with van der Waals surface area (Å²) in [5.41, 5.74) is 0.579. The molecule has 0 N–H and O–H groups in total. The molecule has 0 spiro atoms. The monoisotopic (exact) mass is 220 g/mol. The molecule has 0 atom stereocenters. The maximum absolute atomic E-state index is 11.8. The highest BCUT2D eigenvalue weighted by Crippen LogP contribution is 2.43. The lowest BCUT2D eigenvalue weighted by Crippen LogP contribution is -2.06. The van der Waals surface area contributed by atoms with Gasteiger partial charge < -0.3 is 0 Å². The second kappa shape index (κ2) is 7.89. The summed E-state index contributed by atoms with van der Waals surface area (Å²) < 4.78 is 0. The van der Waals surface area contributed by atoms with E-state index < -0.39 is 0 Å². The summed E-state index contributed by atoms with van der Waals surface area (Å²) in [4.78, 5) is 11.8. The van der Waals surface area contributed by atoms with Gasteiger partial charge in [-0.2, -0.15) is 0 Å². The van der Waals surface area contributed by atoms with Gasteiger partial charge >= 0.3 is 0 Å². The van der Waals surface area contributed by atoms with Gasteiger partial charge in [0.25, 0.3) is 0 Å². The highest BCUT2D eigenvalue weighted by molar-refractivity contribution is 7.77. The van der Waals surface area contributed by atoms with Crippen LogP contribution in [0, 0.1) is 0 Å². The highest BCUT2D eigenvalue weighted by atomic mass is 31.1. The fourth-order valence-corrected chi connectivity index (χ4v) is 5.14. The van der Waals surface area contributed by atoms with Gasteiger partial charge in [-0.15, -0.1) is 0 Å². The lowest BCUT2D eigenvalue weighted by Gasteiger charge is -2.16. The predicted octanol–water partition coefficient (Wildman–Crippen LogP) is 3.56. The van der Waals surface area contributed by atoms with Gasteiger partial charge in [0.15, 0.2) is 5.52 Å². The minimum atomic E-state index is -0.284.